The van der Waals surface area contributed by atoms with Crippen LogP contribution in [-0.2, 0) is 4.79 Å². The van der Waals surface area contributed by atoms with Crippen molar-refractivity contribution in [2.45, 2.75) is 71.4 Å². The molecule has 3 rings (SSSR count). The number of allylic oxidation sites excluding steroid dienone is 1. The number of amides is 3. The molecule has 2 N–H and O–H groups in total. The Labute approximate surface area is 197 Å². The maximum absolute atomic E-state index is 13.2. The van der Waals surface area contributed by atoms with Crippen LogP contribution in [0.15, 0.2) is 24.3 Å². The number of imide groups is 1. The normalized spacial score (nSPS) is 24.4. The summed E-state index contributed by atoms with van der Waals surface area (Å²) in [6, 6.07) is 5.08. The van der Waals surface area contributed by atoms with Crippen LogP contribution in [0.1, 0.15) is 65.4 Å². The van der Waals surface area contributed by atoms with Crippen molar-refractivity contribution in [2.24, 2.45) is 11.3 Å². The van der Waals surface area contributed by atoms with E-state index in [-0.39, 0.29) is 24.5 Å². The lowest BCUT2D eigenvalue weighted by molar-refractivity contribution is -0.134. The summed E-state index contributed by atoms with van der Waals surface area (Å²) in [6.07, 6.45) is 7.07. The van der Waals surface area contributed by atoms with Gasteiger partial charge in [-0.2, -0.15) is 0 Å². The SMILES string of the molecule is C/C=C/c1ccc(OCC(O)CN2C(=O)NC3(CCC(C(C)(C)CC)CC3)C2=O)c(OC)c1. The van der Waals surface area contributed by atoms with Gasteiger partial charge in [-0.3, -0.25) is 9.69 Å². The number of carbonyl (C=O) groups is 2. The second kappa shape index (κ2) is 10.2. The van der Waals surface area contributed by atoms with Gasteiger partial charge in [-0.05, 0) is 61.6 Å². The van der Waals surface area contributed by atoms with E-state index in [1.54, 1.807) is 13.2 Å². The first-order chi connectivity index (χ1) is 15.7. The molecule has 182 valence electrons. The smallest absolute Gasteiger partial charge is 0.325 e. The van der Waals surface area contributed by atoms with Gasteiger partial charge < -0.3 is 19.9 Å². The molecule has 3 amide bonds. The number of rotatable bonds is 9. The lowest BCUT2D eigenvalue weighted by Crippen LogP contribution is -2.51. The molecule has 33 heavy (non-hydrogen) atoms. The molecule has 1 heterocycles. The first kappa shape index (κ1) is 25.1. The third kappa shape index (κ3) is 5.35. The van der Waals surface area contributed by atoms with Crippen molar-refractivity contribution in [1.82, 2.24) is 10.2 Å². The number of urea groups is 1. The highest BCUT2D eigenvalue weighted by atomic mass is 16.5. The second-order valence-electron chi connectivity index (χ2n) is 9.92. The van der Waals surface area contributed by atoms with Crippen LogP contribution in [0, 0.1) is 11.3 Å². The average molecular weight is 459 g/mol. The molecule has 0 bridgehead atoms. The van der Waals surface area contributed by atoms with Crippen LogP contribution in [0.5, 0.6) is 11.5 Å². The molecule has 0 radical (unpaired) electrons. The zero-order valence-electron chi connectivity index (χ0n) is 20.5. The highest BCUT2D eigenvalue weighted by Crippen LogP contribution is 2.45. The van der Waals surface area contributed by atoms with E-state index in [4.69, 9.17) is 9.47 Å². The first-order valence-corrected chi connectivity index (χ1v) is 11.9. The Morgan fingerprint density at radius 2 is 1.97 bits per heavy atom. The minimum atomic E-state index is -1.01. The number of benzene rings is 1. The van der Waals surface area contributed by atoms with Crippen molar-refractivity contribution in [1.29, 1.82) is 0 Å². The topological polar surface area (TPSA) is 88.1 Å². The van der Waals surface area contributed by atoms with Crippen LogP contribution in [-0.4, -0.2) is 53.8 Å². The molecule has 2 fully saturated rings. The number of nitrogens with one attached hydrogen (secondary N) is 1. The highest BCUT2D eigenvalue weighted by molar-refractivity contribution is 6.07. The standard InChI is InChI=1S/C26H38N2O5/c1-6-8-18-9-10-21(22(15-18)32-5)33-17-20(29)16-28-23(30)26(27-24(28)31)13-11-19(12-14-26)25(3,4)7-2/h6,8-10,15,19-20,29H,7,11-14,16-17H2,1-5H3,(H,27,31)/b8-6+. The maximum atomic E-state index is 13.2. The Hall–Kier alpha value is -2.54. The highest BCUT2D eigenvalue weighted by Gasteiger charge is 2.53. The van der Waals surface area contributed by atoms with Gasteiger partial charge in [0.15, 0.2) is 11.5 Å². The van der Waals surface area contributed by atoms with Crippen molar-refractivity contribution in [3.8, 4) is 11.5 Å². The third-order valence-electron chi connectivity index (χ3n) is 7.47. The lowest BCUT2D eigenvalue weighted by atomic mass is 9.65. The Morgan fingerprint density at radius 3 is 2.58 bits per heavy atom. The van der Waals surface area contributed by atoms with Gasteiger partial charge in [-0.1, -0.05) is 45.4 Å². The summed E-state index contributed by atoms with van der Waals surface area (Å²) >= 11 is 0. The van der Waals surface area contributed by atoms with Crippen LogP contribution >= 0.6 is 0 Å². The Kier molecular flexibility index (Phi) is 7.73. The molecule has 1 aromatic rings. The number of hydrogen-bond donors (Lipinski definition) is 2. The van der Waals surface area contributed by atoms with Crippen LogP contribution in [0.3, 0.4) is 0 Å². The van der Waals surface area contributed by atoms with E-state index >= 15 is 0 Å². The van der Waals surface area contributed by atoms with Crippen molar-refractivity contribution in [3.63, 3.8) is 0 Å². The van der Waals surface area contributed by atoms with Gasteiger partial charge in [0.05, 0.1) is 13.7 Å². The van der Waals surface area contributed by atoms with E-state index in [1.807, 2.05) is 31.2 Å². The van der Waals surface area contributed by atoms with Gasteiger partial charge in [-0.25, -0.2) is 4.79 Å². The molecule has 1 atom stereocenters. The first-order valence-electron chi connectivity index (χ1n) is 11.9. The summed E-state index contributed by atoms with van der Waals surface area (Å²) in [4.78, 5) is 27.0. The summed E-state index contributed by atoms with van der Waals surface area (Å²) in [5.74, 6) is 1.36. The molecule has 1 aliphatic heterocycles. The van der Waals surface area contributed by atoms with Crippen LogP contribution in [0.25, 0.3) is 6.08 Å². The van der Waals surface area contributed by atoms with Crippen molar-refractivity contribution in [2.75, 3.05) is 20.3 Å². The fourth-order valence-corrected chi connectivity index (χ4v) is 4.91. The van der Waals surface area contributed by atoms with Crippen LogP contribution in [0.2, 0.25) is 0 Å². The van der Waals surface area contributed by atoms with E-state index < -0.39 is 17.7 Å². The van der Waals surface area contributed by atoms with Crippen molar-refractivity contribution >= 4 is 18.0 Å². The molecule has 7 heteroatoms. The molecule has 1 unspecified atom stereocenters. The van der Waals surface area contributed by atoms with Crippen molar-refractivity contribution < 1.29 is 24.2 Å². The number of ether oxygens (including phenoxy) is 2. The van der Waals surface area contributed by atoms with Crippen molar-refractivity contribution in [3.05, 3.63) is 29.8 Å². The number of hydrogen-bond acceptors (Lipinski definition) is 5. The predicted octanol–water partition coefficient (Wildman–Crippen LogP) is 4.39. The zero-order valence-corrected chi connectivity index (χ0v) is 20.5. The third-order valence-corrected chi connectivity index (χ3v) is 7.47. The second-order valence-corrected chi connectivity index (χ2v) is 9.92. The van der Waals surface area contributed by atoms with Gasteiger partial charge in [0.1, 0.15) is 18.2 Å². The van der Waals surface area contributed by atoms with E-state index in [2.05, 4.69) is 26.1 Å². The van der Waals surface area contributed by atoms with E-state index in [9.17, 15) is 14.7 Å². The molecular formula is C26H38N2O5. The Morgan fingerprint density at radius 1 is 1.27 bits per heavy atom. The summed E-state index contributed by atoms with van der Waals surface area (Å²) in [7, 11) is 1.56. The molecule has 1 aliphatic carbocycles. The average Bonchev–Trinajstić information content (AvgIpc) is 3.02. The maximum Gasteiger partial charge on any atom is 0.325 e. The summed E-state index contributed by atoms with van der Waals surface area (Å²) < 4.78 is 11.1. The Bertz CT molecular complexity index is 887. The van der Waals surface area contributed by atoms with E-state index in [1.165, 1.54) is 0 Å². The summed E-state index contributed by atoms with van der Waals surface area (Å²) in [5.41, 5.74) is 0.375. The monoisotopic (exact) mass is 458 g/mol. The van der Waals surface area contributed by atoms with Gasteiger partial charge in [-0.15, -0.1) is 0 Å². The number of methoxy groups -OCH3 is 1. The molecule has 7 nitrogen and oxygen atoms in total. The molecular weight excluding hydrogens is 420 g/mol. The lowest BCUT2D eigenvalue weighted by Gasteiger charge is -2.42. The number of aliphatic hydroxyl groups excluding tert-OH is 1. The van der Waals surface area contributed by atoms with Crippen LogP contribution in [0.4, 0.5) is 4.79 Å². The number of carbonyl (C=O) groups excluding carboxylic acids is 2. The number of nitrogens with zero attached hydrogens (tertiary/aromatic N) is 1. The fourth-order valence-electron chi connectivity index (χ4n) is 4.91. The van der Waals surface area contributed by atoms with E-state index in [0.29, 0.717) is 30.3 Å². The van der Waals surface area contributed by atoms with Gasteiger partial charge >= 0.3 is 6.03 Å². The molecule has 2 aliphatic rings. The largest absolute Gasteiger partial charge is 0.493 e. The fraction of sp³-hybridized carbons (Fsp3) is 0.615. The van der Waals surface area contributed by atoms with Gasteiger partial charge in [0.2, 0.25) is 0 Å². The molecule has 1 saturated carbocycles. The minimum Gasteiger partial charge on any atom is -0.493 e. The molecule has 0 aromatic heterocycles. The van der Waals surface area contributed by atoms with Gasteiger partial charge in [0.25, 0.3) is 5.91 Å². The summed E-state index contributed by atoms with van der Waals surface area (Å²) in [5, 5.41) is 13.5. The van der Waals surface area contributed by atoms with Gasteiger partial charge in [0, 0.05) is 0 Å². The zero-order chi connectivity index (χ0) is 24.2. The van der Waals surface area contributed by atoms with Crippen LogP contribution < -0.4 is 14.8 Å². The quantitative estimate of drug-likeness (QED) is 0.536. The molecule has 1 spiro atoms. The predicted molar refractivity (Wildman–Crippen MR) is 128 cm³/mol. The molecule has 1 aromatic carbocycles. The summed E-state index contributed by atoms with van der Waals surface area (Å²) in [6.45, 7) is 8.52. The number of aliphatic hydroxyl groups is 1. The van der Waals surface area contributed by atoms with E-state index in [0.717, 1.165) is 29.7 Å². The minimum absolute atomic E-state index is 0.0594. The number of β-amino-alcohol motifs (C(OH)–C–C–N with tert-alkyl or cyclic N) is 1. The Balaban J connectivity index is 1.58. The molecule has 1 saturated heterocycles.